The fraction of sp³-hybridized carbons (Fsp3) is 0.750. The molecule has 0 aromatic carbocycles. The highest BCUT2D eigenvalue weighted by Crippen LogP contribution is 2.36. The van der Waals surface area contributed by atoms with Crippen molar-refractivity contribution in [3.8, 4) is 5.88 Å². The molecular weight excluding hydrogens is 328 g/mol. The van der Waals surface area contributed by atoms with Crippen molar-refractivity contribution in [1.82, 2.24) is 9.88 Å². The summed E-state index contributed by atoms with van der Waals surface area (Å²) in [7, 11) is 1.63. The van der Waals surface area contributed by atoms with E-state index in [1.165, 1.54) is 25.7 Å². The third-order valence-electron chi connectivity index (χ3n) is 6.12. The minimum atomic E-state index is 0.325. The van der Waals surface area contributed by atoms with Crippen LogP contribution in [0.15, 0.2) is 12.1 Å². The third-order valence-corrected chi connectivity index (χ3v) is 6.12. The standard InChI is InChI=1S/C20H34N4O2/c1-4-26-16-7-11-20(2,12-8-16)24-13-9-15(10-14-24)22-19-17(21)5-6-18(23-19)25-3/h5-6,15-16H,4,7-14,21H2,1-3H3,(H,22,23)/t16-,20-. The van der Waals surface area contributed by atoms with Crippen molar-refractivity contribution < 1.29 is 9.47 Å². The summed E-state index contributed by atoms with van der Waals surface area (Å²) in [6, 6.07) is 4.06. The lowest BCUT2D eigenvalue weighted by Gasteiger charge is -2.48. The predicted octanol–water partition coefficient (Wildman–Crippen LogP) is 3.29. The summed E-state index contributed by atoms with van der Waals surface area (Å²) < 4.78 is 11.0. The lowest BCUT2D eigenvalue weighted by atomic mass is 9.79. The first-order valence-electron chi connectivity index (χ1n) is 9.98. The van der Waals surface area contributed by atoms with Gasteiger partial charge in [0.25, 0.3) is 0 Å². The molecule has 2 aliphatic rings. The van der Waals surface area contributed by atoms with E-state index in [-0.39, 0.29) is 0 Å². The van der Waals surface area contributed by atoms with Gasteiger partial charge in [-0.3, -0.25) is 4.90 Å². The Labute approximate surface area is 157 Å². The van der Waals surface area contributed by atoms with E-state index in [9.17, 15) is 0 Å². The number of methoxy groups -OCH3 is 1. The summed E-state index contributed by atoms with van der Waals surface area (Å²) in [5.41, 5.74) is 7.06. The van der Waals surface area contributed by atoms with Crippen LogP contribution in [0.3, 0.4) is 0 Å². The average Bonchev–Trinajstić information content (AvgIpc) is 2.66. The van der Waals surface area contributed by atoms with Crippen molar-refractivity contribution in [2.24, 2.45) is 0 Å². The highest BCUT2D eigenvalue weighted by Gasteiger charge is 2.38. The highest BCUT2D eigenvalue weighted by molar-refractivity contribution is 5.62. The van der Waals surface area contributed by atoms with Gasteiger partial charge in [0.15, 0.2) is 5.82 Å². The Morgan fingerprint density at radius 3 is 2.54 bits per heavy atom. The van der Waals surface area contributed by atoms with Crippen LogP contribution in [0.1, 0.15) is 52.4 Å². The van der Waals surface area contributed by atoms with E-state index in [1.807, 2.05) is 6.07 Å². The Bertz CT molecular complexity index is 579. The van der Waals surface area contributed by atoms with Crippen LogP contribution in [0.25, 0.3) is 0 Å². The largest absolute Gasteiger partial charge is 0.481 e. The first kappa shape index (κ1) is 19.2. The number of nitrogens with zero attached hydrogens (tertiary/aromatic N) is 2. The topological polar surface area (TPSA) is 72.6 Å². The number of rotatable bonds is 6. The van der Waals surface area contributed by atoms with Crippen molar-refractivity contribution in [2.75, 3.05) is 37.9 Å². The van der Waals surface area contributed by atoms with Gasteiger partial charge >= 0.3 is 0 Å². The van der Waals surface area contributed by atoms with Crippen molar-refractivity contribution in [2.45, 2.75) is 70.1 Å². The molecule has 1 aromatic heterocycles. The van der Waals surface area contributed by atoms with Crippen LogP contribution in [0.5, 0.6) is 5.88 Å². The first-order chi connectivity index (χ1) is 12.5. The monoisotopic (exact) mass is 362 g/mol. The van der Waals surface area contributed by atoms with Crippen molar-refractivity contribution >= 4 is 11.5 Å². The van der Waals surface area contributed by atoms with Crippen LogP contribution in [-0.2, 0) is 4.74 Å². The van der Waals surface area contributed by atoms with Crippen molar-refractivity contribution in [3.05, 3.63) is 12.1 Å². The summed E-state index contributed by atoms with van der Waals surface area (Å²) in [6.45, 7) is 7.61. The van der Waals surface area contributed by atoms with Gasteiger partial charge in [-0.15, -0.1) is 0 Å². The van der Waals surface area contributed by atoms with E-state index < -0.39 is 0 Å². The first-order valence-corrected chi connectivity index (χ1v) is 9.98. The molecule has 146 valence electrons. The minimum Gasteiger partial charge on any atom is -0.481 e. The molecule has 1 saturated carbocycles. The van der Waals surface area contributed by atoms with E-state index in [0.29, 0.717) is 29.3 Å². The molecule has 0 amide bonds. The number of nitrogen functional groups attached to an aromatic ring is 1. The Morgan fingerprint density at radius 2 is 1.92 bits per heavy atom. The summed E-state index contributed by atoms with van der Waals surface area (Å²) in [5, 5.41) is 3.52. The van der Waals surface area contributed by atoms with E-state index >= 15 is 0 Å². The van der Waals surface area contributed by atoms with E-state index in [0.717, 1.165) is 38.4 Å². The SMILES string of the molecule is CCO[C@H]1CC[C@](C)(N2CCC(Nc3nc(OC)ccc3N)CC2)CC1. The third kappa shape index (κ3) is 4.41. The van der Waals surface area contributed by atoms with Crippen LogP contribution in [0.4, 0.5) is 11.5 Å². The number of piperidine rings is 1. The smallest absolute Gasteiger partial charge is 0.215 e. The summed E-state index contributed by atoms with van der Waals surface area (Å²) in [5.74, 6) is 1.34. The highest BCUT2D eigenvalue weighted by atomic mass is 16.5. The number of nitrogens with two attached hydrogens (primary N) is 1. The number of aromatic nitrogens is 1. The number of hydrogen-bond donors (Lipinski definition) is 2. The molecule has 6 heteroatoms. The average molecular weight is 363 g/mol. The number of hydrogen-bond acceptors (Lipinski definition) is 6. The maximum absolute atomic E-state index is 6.06. The molecule has 1 saturated heterocycles. The second kappa shape index (κ2) is 8.44. The zero-order chi connectivity index (χ0) is 18.6. The minimum absolute atomic E-state index is 0.325. The number of likely N-dealkylation sites (tertiary alicyclic amines) is 1. The second-order valence-electron chi connectivity index (χ2n) is 7.85. The zero-order valence-electron chi connectivity index (χ0n) is 16.5. The van der Waals surface area contributed by atoms with Gasteiger partial charge in [-0.1, -0.05) is 0 Å². The summed E-state index contributed by atoms with van der Waals surface area (Å²) in [4.78, 5) is 7.14. The van der Waals surface area contributed by atoms with Crippen LogP contribution in [-0.4, -0.2) is 54.4 Å². The Hall–Kier alpha value is -1.53. The van der Waals surface area contributed by atoms with Crippen LogP contribution in [0, 0.1) is 0 Å². The fourth-order valence-corrected chi connectivity index (χ4v) is 4.37. The lowest BCUT2D eigenvalue weighted by Crippen LogP contribution is -2.53. The van der Waals surface area contributed by atoms with Crippen molar-refractivity contribution in [3.63, 3.8) is 0 Å². The molecular formula is C20H34N4O2. The molecule has 1 aliphatic heterocycles. The maximum atomic E-state index is 6.06. The maximum Gasteiger partial charge on any atom is 0.215 e. The van der Waals surface area contributed by atoms with Crippen LogP contribution < -0.4 is 15.8 Å². The van der Waals surface area contributed by atoms with E-state index in [1.54, 1.807) is 13.2 Å². The Kier molecular flexibility index (Phi) is 6.24. The van der Waals surface area contributed by atoms with Crippen LogP contribution in [0.2, 0.25) is 0 Å². The number of anilines is 2. The molecule has 0 atom stereocenters. The van der Waals surface area contributed by atoms with Gasteiger partial charge in [0, 0.05) is 37.3 Å². The number of nitrogens with one attached hydrogen (secondary N) is 1. The molecule has 3 N–H and O–H groups in total. The van der Waals surface area contributed by atoms with Gasteiger partial charge in [-0.05, 0) is 58.4 Å². The second-order valence-corrected chi connectivity index (χ2v) is 7.85. The Morgan fingerprint density at radius 1 is 1.23 bits per heavy atom. The van der Waals surface area contributed by atoms with E-state index in [4.69, 9.17) is 15.2 Å². The number of ether oxygens (including phenoxy) is 2. The molecule has 1 aliphatic carbocycles. The summed E-state index contributed by atoms with van der Waals surface area (Å²) in [6.07, 6.45) is 7.54. The quantitative estimate of drug-likeness (QED) is 0.809. The van der Waals surface area contributed by atoms with Gasteiger partial charge in [-0.2, -0.15) is 4.98 Å². The number of pyridine rings is 1. The van der Waals surface area contributed by atoms with Gasteiger partial charge in [0.1, 0.15) is 0 Å². The van der Waals surface area contributed by atoms with E-state index in [2.05, 4.69) is 29.0 Å². The van der Waals surface area contributed by atoms with Gasteiger partial charge in [0.05, 0.1) is 18.9 Å². The van der Waals surface area contributed by atoms with Crippen molar-refractivity contribution in [1.29, 1.82) is 0 Å². The predicted molar refractivity (Wildman–Crippen MR) is 106 cm³/mol. The normalized spacial score (nSPS) is 28.0. The molecule has 0 radical (unpaired) electrons. The summed E-state index contributed by atoms with van der Waals surface area (Å²) >= 11 is 0. The molecule has 0 unspecified atom stereocenters. The Balaban J connectivity index is 1.51. The zero-order valence-corrected chi connectivity index (χ0v) is 16.5. The molecule has 2 heterocycles. The molecule has 6 nitrogen and oxygen atoms in total. The molecule has 0 spiro atoms. The van der Waals surface area contributed by atoms with Gasteiger partial charge in [-0.25, -0.2) is 0 Å². The van der Waals surface area contributed by atoms with Gasteiger partial charge < -0.3 is 20.5 Å². The molecule has 2 fully saturated rings. The van der Waals surface area contributed by atoms with Gasteiger partial charge in [0.2, 0.25) is 5.88 Å². The molecule has 0 bridgehead atoms. The van der Waals surface area contributed by atoms with Crippen LogP contribution >= 0.6 is 0 Å². The molecule has 26 heavy (non-hydrogen) atoms. The molecule has 1 aromatic rings. The fourth-order valence-electron chi connectivity index (χ4n) is 4.37. The molecule has 3 rings (SSSR count). The lowest BCUT2D eigenvalue weighted by molar-refractivity contribution is -0.0242.